The highest BCUT2D eigenvalue weighted by Gasteiger charge is 2.26. The molecule has 1 atom stereocenters. The molecule has 1 aromatic carbocycles. The van der Waals surface area contributed by atoms with Crippen LogP contribution >= 0.6 is 0 Å². The maximum Gasteiger partial charge on any atom is 0.00846 e. The molecule has 0 heterocycles. The van der Waals surface area contributed by atoms with E-state index in [1.54, 1.807) is 0 Å². The molecule has 0 aliphatic heterocycles. The molecule has 0 aromatic heterocycles. The molecule has 2 N–H and O–H groups in total. The van der Waals surface area contributed by atoms with Gasteiger partial charge >= 0.3 is 0 Å². The Hall–Kier alpha value is -0.820. The predicted octanol–water partition coefficient (Wildman–Crippen LogP) is 3.56. The van der Waals surface area contributed by atoms with E-state index < -0.39 is 0 Å². The topological polar surface area (TPSA) is 26.0 Å². The average molecular weight is 219 g/mol. The van der Waals surface area contributed by atoms with Crippen LogP contribution in [0.15, 0.2) is 24.3 Å². The molecule has 1 nitrogen and oxygen atoms in total. The van der Waals surface area contributed by atoms with Crippen molar-refractivity contribution in [3.63, 3.8) is 0 Å². The molecule has 0 saturated heterocycles. The van der Waals surface area contributed by atoms with Gasteiger partial charge in [0.2, 0.25) is 0 Å². The lowest BCUT2D eigenvalue weighted by Gasteiger charge is -2.24. The molecule has 2 rings (SSSR count). The normalized spacial score (nSPS) is 22.4. The van der Waals surface area contributed by atoms with Crippen LogP contribution in [0.3, 0.4) is 0 Å². The summed E-state index contributed by atoms with van der Waals surface area (Å²) in [7, 11) is 0. The van der Waals surface area contributed by atoms with E-state index in [0.717, 1.165) is 19.3 Å². The van der Waals surface area contributed by atoms with E-state index >= 15 is 0 Å². The molecule has 1 aliphatic rings. The first kappa shape index (κ1) is 13.2. The van der Waals surface area contributed by atoms with Gasteiger partial charge in [-0.15, -0.1) is 0 Å². The van der Waals surface area contributed by atoms with Gasteiger partial charge in [-0.3, -0.25) is 0 Å². The quantitative estimate of drug-likeness (QED) is 0.663. The SMILES string of the molecule is CC.CC1(C)Cc2ccccc2CC(N)C1. The number of benzene rings is 1. The zero-order valence-corrected chi connectivity index (χ0v) is 11.1. The van der Waals surface area contributed by atoms with Crippen molar-refractivity contribution in [1.29, 1.82) is 0 Å². The minimum Gasteiger partial charge on any atom is -0.327 e. The molecule has 16 heavy (non-hydrogen) atoms. The molecular formula is C15H25N. The Bertz CT molecular complexity index is 328. The maximum atomic E-state index is 6.13. The van der Waals surface area contributed by atoms with Gasteiger partial charge in [0.1, 0.15) is 0 Å². The van der Waals surface area contributed by atoms with Crippen molar-refractivity contribution in [1.82, 2.24) is 0 Å². The van der Waals surface area contributed by atoms with Crippen molar-refractivity contribution >= 4 is 0 Å². The minimum atomic E-state index is 0.327. The smallest absolute Gasteiger partial charge is 0.00846 e. The van der Waals surface area contributed by atoms with Gasteiger partial charge in [-0.25, -0.2) is 0 Å². The molecule has 0 fully saturated rings. The molecule has 0 amide bonds. The first-order valence-electron chi connectivity index (χ1n) is 6.39. The minimum absolute atomic E-state index is 0.327. The maximum absolute atomic E-state index is 6.13. The summed E-state index contributed by atoms with van der Waals surface area (Å²) in [6, 6.07) is 9.04. The Morgan fingerprint density at radius 3 is 2.31 bits per heavy atom. The van der Waals surface area contributed by atoms with Crippen LogP contribution in [0.5, 0.6) is 0 Å². The third-order valence-electron chi connectivity index (χ3n) is 3.08. The van der Waals surface area contributed by atoms with E-state index in [2.05, 4.69) is 38.1 Å². The summed E-state index contributed by atoms with van der Waals surface area (Å²) >= 11 is 0. The van der Waals surface area contributed by atoms with Crippen molar-refractivity contribution in [3.8, 4) is 0 Å². The first-order chi connectivity index (χ1) is 7.57. The summed E-state index contributed by atoms with van der Waals surface area (Å²) in [5.41, 5.74) is 9.42. The van der Waals surface area contributed by atoms with Crippen molar-refractivity contribution in [2.24, 2.45) is 11.1 Å². The monoisotopic (exact) mass is 219 g/mol. The lowest BCUT2D eigenvalue weighted by atomic mass is 9.82. The third-order valence-corrected chi connectivity index (χ3v) is 3.08. The highest BCUT2D eigenvalue weighted by Crippen LogP contribution is 2.32. The molecule has 1 unspecified atom stereocenters. The van der Waals surface area contributed by atoms with E-state index in [1.165, 1.54) is 11.1 Å². The van der Waals surface area contributed by atoms with Gasteiger partial charge in [0, 0.05) is 6.04 Å². The standard InChI is InChI=1S/C13H19N.C2H6/c1-13(2)8-11-6-4-3-5-10(11)7-12(14)9-13;1-2/h3-6,12H,7-9,14H2,1-2H3;1-2H3. The molecule has 1 aromatic rings. The molecule has 0 spiro atoms. The zero-order chi connectivity index (χ0) is 12.2. The largest absolute Gasteiger partial charge is 0.327 e. The van der Waals surface area contributed by atoms with E-state index in [9.17, 15) is 0 Å². The summed E-state index contributed by atoms with van der Waals surface area (Å²) in [5.74, 6) is 0. The number of hydrogen-bond donors (Lipinski definition) is 1. The van der Waals surface area contributed by atoms with Crippen LogP contribution in [0.1, 0.15) is 45.2 Å². The van der Waals surface area contributed by atoms with Crippen LogP contribution in [0.4, 0.5) is 0 Å². The van der Waals surface area contributed by atoms with Crippen LogP contribution < -0.4 is 5.73 Å². The second-order valence-electron chi connectivity index (χ2n) is 5.28. The van der Waals surface area contributed by atoms with Crippen molar-refractivity contribution in [2.75, 3.05) is 0 Å². The van der Waals surface area contributed by atoms with Crippen LogP contribution in [-0.4, -0.2) is 6.04 Å². The van der Waals surface area contributed by atoms with Gasteiger partial charge in [0.05, 0.1) is 0 Å². The third kappa shape index (κ3) is 3.34. The molecule has 0 saturated carbocycles. The van der Waals surface area contributed by atoms with E-state index in [4.69, 9.17) is 5.73 Å². The number of rotatable bonds is 0. The molecule has 90 valence electrons. The Morgan fingerprint density at radius 2 is 1.69 bits per heavy atom. The first-order valence-corrected chi connectivity index (χ1v) is 6.39. The summed E-state index contributed by atoms with van der Waals surface area (Å²) in [5, 5.41) is 0. The Labute approximate surface area is 100 Å². The van der Waals surface area contributed by atoms with Crippen LogP contribution in [0.2, 0.25) is 0 Å². The second-order valence-corrected chi connectivity index (χ2v) is 5.28. The van der Waals surface area contributed by atoms with Gasteiger partial charge in [-0.05, 0) is 35.8 Å². The Kier molecular flexibility index (Phi) is 4.55. The lowest BCUT2D eigenvalue weighted by molar-refractivity contribution is 0.312. The number of hydrogen-bond acceptors (Lipinski definition) is 1. The van der Waals surface area contributed by atoms with Gasteiger partial charge in [-0.2, -0.15) is 0 Å². The van der Waals surface area contributed by atoms with Gasteiger partial charge in [-0.1, -0.05) is 52.0 Å². The summed E-state index contributed by atoms with van der Waals surface area (Å²) in [6.07, 6.45) is 3.33. The molecule has 1 heteroatoms. The fourth-order valence-corrected chi connectivity index (χ4v) is 2.58. The number of fused-ring (bicyclic) bond motifs is 1. The molecule has 0 radical (unpaired) electrons. The average Bonchev–Trinajstić information content (AvgIpc) is 2.33. The van der Waals surface area contributed by atoms with Crippen LogP contribution in [0.25, 0.3) is 0 Å². The zero-order valence-electron chi connectivity index (χ0n) is 11.1. The highest BCUT2D eigenvalue weighted by atomic mass is 14.6. The van der Waals surface area contributed by atoms with Crippen molar-refractivity contribution < 1.29 is 0 Å². The fourth-order valence-electron chi connectivity index (χ4n) is 2.58. The van der Waals surface area contributed by atoms with Gasteiger partial charge in [0.15, 0.2) is 0 Å². The summed E-state index contributed by atoms with van der Waals surface area (Å²) in [6.45, 7) is 8.63. The molecular weight excluding hydrogens is 194 g/mol. The van der Waals surface area contributed by atoms with E-state index in [1.807, 2.05) is 13.8 Å². The van der Waals surface area contributed by atoms with E-state index in [-0.39, 0.29) is 0 Å². The lowest BCUT2D eigenvalue weighted by Crippen LogP contribution is -2.28. The second kappa shape index (κ2) is 5.49. The van der Waals surface area contributed by atoms with Crippen molar-refractivity contribution in [3.05, 3.63) is 35.4 Å². The van der Waals surface area contributed by atoms with E-state index in [0.29, 0.717) is 11.5 Å². The molecule has 1 aliphatic carbocycles. The fraction of sp³-hybridized carbons (Fsp3) is 0.600. The highest BCUT2D eigenvalue weighted by molar-refractivity contribution is 5.30. The predicted molar refractivity (Wildman–Crippen MR) is 71.6 cm³/mol. The summed E-state index contributed by atoms with van der Waals surface area (Å²) < 4.78 is 0. The number of nitrogens with two attached hydrogens (primary N) is 1. The Balaban J connectivity index is 0.000000606. The van der Waals surface area contributed by atoms with Crippen LogP contribution in [-0.2, 0) is 12.8 Å². The van der Waals surface area contributed by atoms with Gasteiger partial charge < -0.3 is 5.73 Å². The summed E-state index contributed by atoms with van der Waals surface area (Å²) in [4.78, 5) is 0. The van der Waals surface area contributed by atoms with Crippen molar-refractivity contribution in [2.45, 2.75) is 53.0 Å². The van der Waals surface area contributed by atoms with Gasteiger partial charge in [0.25, 0.3) is 0 Å². The van der Waals surface area contributed by atoms with Crippen LogP contribution in [0, 0.1) is 5.41 Å². The molecule has 0 bridgehead atoms. The Morgan fingerprint density at radius 1 is 1.12 bits per heavy atom.